The molecule has 0 radical (unpaired) electrons. The smallest absolute Gasteiger partial charge is 0.475 e. The van der Waals surface area contributed by atoms with Crippen LogP contribution in [0.25, 0.3) is 0 Å². The van der Waals surface area contributed by atoms with E-state index in [9.17, 15) is 22.8 Å². The highest BCUT2D eigenvalue weighted by molar-refractivity contribution is 5.97. The molecule has 0 aromatic heterocycles. The molecule has 0 spiro atoms. The Balaban J connectivity index is 0.000000351. The van der Waals surface area contributed by atoms with Gasteiger partial charge in [0.1, 0.15) is 0 Å². The number of aliphatic carboxylic acids is 1. The number of ether oxygens (including phenoxy) is 1. The number of halogens is 3. The molecular weight excluding hydrogens is 333 g/mol. The van der Waals surface area contributed by atoms with Gasteiger partial charge in [0, 0.05) is 5.69 Å². The van der Waals surface area contributed by atoms with Crippen molar-refractivity contribution in [2.24, 2.45) is 5.73 Å². The predicted octanol–water partition coefficient (Wildman–Crippen LogP) is 1.32. The maximum absolute atomic E-state index is 11.5. The van der Waals surface area contributed by atoms with Crippen molar-refractivity contribution >= 4 is 23.5 Å². The molecule has 0 saturated carbocycles. The topological polar surface area (TPSA) is 119 Å². The lowest BCUT2D eigenvalue weighted by Crippen LogP contribution is -2.34. The van der Waals surface area contributed by atoms with Gasteiger partial charge in [-0.1, -0.05) is 0 Å². The molecular formula is C14H15F3N2O5. The van der Waals surface area contributed by atoms with Crippen LogP contribution in [0.1, 0.15) is 22.3 Å². The Labute approximate surface area is 134 Å². The van der Waals surface area contributed by atoms with Crippen LogP contribution in [-0.4, -0.2) is 42.3 Å². The van der Waals surface area contributed by atoms with Gasteiger partial charge in [-0.05, 0) is 36.6 Å². The Bertz CT molecular complexity index is 646. The van der Waals surface area contributed by atoms with E-state index >= 15 is 0 Å². The number of carbonyl (C=O) groups is 3. The van der Waals surface area contributed by atoms with Crippen LogP contribution in [0, 0.1) is 0 Å². The molecule has 1 unspecified atom stereocenters. The highest BCUT2D eigenvalue weighted by Gasteiger charge is 2.38. The van der Waals surface area contributed by atoms with Crippen LogP contribution >= 0.6 is 0 Å². The van der Waals surface area contributed by atoms with E-state index in [1.807, 2.05) is 0 Å². The number of amides is 1. The summed E-state index contributed by atoms with van der Waals surface area (Å²) in [5, 5.41) is 9.87. The number of nitrogens with two attached hydrogens (primary N) is 1. The van der Waals surface area contributed by atoms with E-state index in [1.165, 1.54) is 7.11 Å². The SMILES string of the molecule is COC(=O)c1ccc2c(c1)CCC(N)C(=O)N2.O=C(O)C(F)(F)F. The third-order valence-electron chi connectivity index (χ3n) is 3.09. The molecule has 24 heavy (non-hydrogen) atoms. The number of carbonyl (C=O) groups excluding carboxylic acids is 2. The minimum atomic E-state index is -5.08. The van der Waals surface area contributed by atoms with Gasteiger partial charge in [-0.15, -0.1) is 0 Å². The minimum absolute atomic E-state index is 0.186. The van der Waals surface area contributed by atoms with Gasteiger partial charge in [0.05, 0.1) is 18.7 Å². The Morgan fingerprint density at radius 3 is 2.46 bits per heavy atom. The lowest BCUT2D eigenvalue weighted by Gasteiger charge is -2.08. The van der Waals surface area contributed by atoms with E-state index in [0.717, 1.165) is 11.3 Å². The first-order valence-corrected chi connectivity index (χ1v) is 6.64. The molecule has 1 atom stereocenters. The van der Waals surface area contributed by atoms with E-state index in [4.69, 9.17) is 15.6 Å². The zero-order valence-corrected chi connectivity index (χ0v) is 12.5. The van der Waals surface area contributed by atoms with Crippen LogP contribution in [-0.2, 0) is 20.7 Å². The molecule has 1 aromatic carbocycles. The Kier molecular flexibility index (Phi) is 6.29. The lowest BCUT2D eigenvalue weighted by molar-refractivity contribution is -0.192. The van der Waals surface area contributed by atoms with Crippen molar-refractivity contribution in [3.05, 3.63) is 29.3 Å². The number of fused-ring (bicyclic) bond motifs is 1. The third-order valence-corrected chi connectivity index (χ3v) is 3.09. The molecule has 1 amide bonds. The van der Waals surface area contributed by atoms with Crippen LogP contribution in [0.4, 0.5) is 18.9 Å². The fourth-order valence-electron chi connectivity index (χ4n) is 1.83. The second-order valence-corrected chi connectivity index (χ2v) is 4.80. The monoisotopic (exact) mass is 348 g/mol. The normalized spacial score (nSPS) is 16.7. The summed E-state index contributed by atoms with van der Waals surface area (Å²) in [7, 11) is 1.34. The number of aryl methyl sites for hydroxylation is 1. The standard InChI is InChI=1S/C12H14N2O3.C2HF3O2/c1-17-12(16)8-3-5-10-7(6-8)2-4-9(13)11(15)14-10;3-2(4,5)1(6)7/h3,5-6,9H,2,4,13H2,1H3,(H,14,15);(H,6,7). The van der Waals surface area contributed by atoms with E-state index in [1.54, 1.807) is 18.2 Å². The van der Waals surface area contributed by atoms with Crippen molar-refractivity contribution in [1.82, 2.24) is 0 Å². The molecule has 1 aromatic rings. The number of esters is 1. The van der Waals surface area contributed by atoms with E-state index in [2.05, 4.69) is 10.1 Å². The van der Waals surface area contributed by atoms with Gasteiger partial charge in [0.15, 0.2) is 0 Å². The van der Waals surface area contributed by atoms with Gasteiger partial charge < -0.3 is 20.9 Å². The van der Waals surface area contributed by atoms with Crippen LogP contribution in [0.2, 0.25) is 0 Å². The van der Waals surface area contributed by atoms with Gasteiger partial charge in [-0.25, -0.2) is 9.59 Å². The molecule has 1 heterocycles. The zero-order chi connectivity index (χ0) is 18.5. The first kappa shape index (κ1) is 19.4. The lowest BCUT2D eigenvalue weighted by atomic mass is 10.0. The first-order valence-electron chi connectivity index (χ1n) is 6.64. The van der Waals surface area contributed by atoms with Gasteiger partial charge in [0.25, 0.3) is 0 Å². The fraction of sp³-hybridized carbons (Fsp3) is 0.357. The summed E-state index contributed by atoms with van der Waals surface area (Å²) in [6.07, 6.45) is -3.84. The second-order valence-electron chi connectivity index (χ2n) is 4.80. The number of hydrogen-bond donors (Lipinski definition) is 3. The van der Waals surface area contributed by atoms with Crippen LogP contribution in [0.15, 0.2) is 18.2 Å². The highest BCUT2D eigenvalue weighted by Crippen LogP contribution is 2.23. The number of methoxy groups -OCH3 is 1. The van der Waals surface area contributed by atoms with E-state index in [-0.39, 0.29) is 11.9 Å². The largest absolute Gasteiger partial charge is 0.490 e. The molecule has 1 aliphatic heterocycles. The molecule has 0 fully saturated rings. The molecule has 0 aliphatic carbocycles. The number of carboxylic acid groups (broad SMARTS) is 1. The molecule has 132 valence electrons. The Morgan fingerprint density at radius 1 is 1.38 bits per heavy atom. The van der Waals surface area contributed by atoms with E-state index < -0.39 is 18.2 Å². The van der Waals surface area contributed by atoms with Crippen molar-refractivity contribution in [2.75, 3.05) is 12.4 Å². The predicted molar refractivity (Wildman–Crippen MR) is 76.4 cm³/mol. The van der Waals surface area contributed by atoms with Crippen LogP contribution < -0.4 is 11.1 Å². The molecule has 2 rings (SSSR count). The van der Waals surface area contributed by atoms with Crippen LogP contribution in [0.5, 0.6) is 0 Å². The molecule has 4 N–H and O–H groups in total. The van der Waals surface area contributed by atoms with Crippen LogP contribution in [0.3, 0.4) is 0 Å². The zero-order valence-electron chi connectivity index (χ0n) is 12.5. The van der Waals surface area contributed by atoms with Crippen molar-refractivity contribution < 1.29 is 37.4 Å². The number of hydrogen-bond acceptors (Lipinski definition) is 5. The average molecular weight is 348 g/mol. The maximum atomic E-state index is 11.5. The minimum Gasteiger partial charge on any atom is -0.475 e. The Morgan fingerprint density at radius 2 is 1.96 bits per heavy atom. The number of nitrogens with one attached hydrogen (secondary N) is 1. The van der Waals surface area contributed by atoms with Gasteiger partial charge >= 0.3 is 18.1 Å². The molecule has 0 bridgehead atoms. The number of anilines is 1. The second kappa shape index (κ2) is 7.77. The van der Waals surface area contributed by atoms with Crippen molar-refractivity contribution in [1.29, 1.82) is 0 Å². The number of rotatable bonds is 1. The van der Waals surface area contributed by atoms with Gasteiger partial charge in [-0.2, -0.15) is 13.2 Å². The quantitative estimate of drug-likeness (QED) is 0.659. The van der Waals surface area contributed by atoms with Gasteiger partial charge in [-0.3, -0.25) is 4.79 Å². The van der Waals surface area contributed by atoms with Crippen molar-refractivity contribution in [3.8, 4) is 0 Å². The molecule has 7 nitrogen and oxygen atoms in total. The summed E-state index contributed by atoms with van der Waals surface area (Å²) in [6, 6.07) is 4.57. The summed E-state index contributed by atoms with van der Waals surface area (Å²) in [4.78, 5) is 31.8. The Hall–Kier alpha value is -2.62. The first-order chi connectivity index (χ1) is 11.1. The van der Waals surface area contributed by atoms with Crippen molar-refractivity contribution in [2.45, 2.75) is 25.1 Å². The summed E-state index contributed by atoms with van der Waals surface area (Å²) < 4.78 is 36.4. The third kappa shape index (κ3) is 5.23. The maximum Gasteiger partial charge on any atom is 0.490 e. The average Bonchev–Trinajstić information content (AvgIpc) is 2.65. The fourth-order valence-corrected chi connectivity index (χ4v) is 1.83. The number of carboxylic acids is 1. The van der Waals surface area contributed by atoms with E-state index in [0.29, 0.717) is 18.4 Å². The van der Waals surface area contributed by atoms with Gasteiger partial charge in [0.2, 0.25) is 5.91 Å². The number of benzene rings is 1. The number of alkyl halides is 3. The summed E-state index contributed by atoms with van der Waals surface area (Å²) in [5.74, 6) is -3.32. The highest BCUT2D eigenvalue weighted by atomic mass is 19.4. The molecule has 10 heteroatoms. The summed E-state index contributed by atoms with van der Waals surface area (Å²) >= 11 is 0. The molecule has 0 saturated heterocycles. The molecule has 1 aliphatic rings. The van der Waals surface area contributed by atoms with Crippen molar-refractivity contribution in [3.63, 3.8) is 0 Å². The summed E-state index contributed by atoms with van der Waals surface area (Å²) in [5.41, 5.74) is 7.79. The summed E-state index contributed by atoms with van der Waals surface area (Å²) in [6.45, 7) is 0.